The Hall–Kier alpha value is -2.96. The number of amides is 2. The average molecular weight is 672 g/mol. The second-order valence-electron chi connectivity index (χ2n) is 13.0. The van der Waals surface area contributed by atoms with Gasteiger partial charge in [0.05, 0.1) is 25.4 Å². The first kappa shape index (κ1) is 34.4. The van der Waals surface area contributed by atoms with E-state index in [1.165, 1.54) is 19.3 Å². The van der Waals surface area contributed by atoms with Crippen molar-refractivity contribution < 1.29 is 22.7 Å². The smallest absolute Gasteiger partial charge is 0.288 e. The van der Waals surface area contributed by atoms with E-state index >= 15 is 0 Å². The van der Waals surface area contributed by atoms with Crippen LogP contribution in [0, 0.1) is 11.8 Å². The van der Waals surface area contributed by atoms with Crippen molar-refractivity contribution >= 4 is 39.2 Å². The third kappa shape index (κ3) is 9.54. The summed E-state index contributed by atoms with van der Waals surface area (Å²) in [5, 5.41) is 5.08. The first-order valence-electron chi connectivity index (χ1n) is 16.8. The van der Waals surface area contributed by atoms with Gasteiger partial charge in [0.2, 0.25) is 21.8 Å². The molecule has 1 saturated heterocycles. The number of benzene rings is 1. The normalized spacial score (nSPS) is 23.1. The van der Waals surface area contributed by atoms with Crippen LogP contribution >= 0.6 is 11.3 Å². The molecule has 2 amide bonds. The highest BCUT2D eigenvalue weighted by Gasteiger charge is 2.41. The van der Waals surface area contributed by atoms with E-state index in [0.29, 0.717) is 57.5 Å². The Bertz CT molecular complexity index is 1410. The van der Waals surface area contributed by atoms with Gasteiger partial charge < -0.3 is 19.9 Å². The minimum atomic E-state index is -3.25. The molecule has 3 heterocycles. The lowest BCUT2D eigenvalue weighted by molar-refractivity contribution is -0.147. The SMILES string of the molecule is C[C@@H]1N=C(N2CCN(C(=O)[C@@H](CCCCNS(C)(=O)=O)CC3CCCCC3)[C@H](C(=O)NCc3cccs3)C2)O[C@@H]1c1ccccc1. The number of amidine groups is 1. The van der Waals surface area contributed by atoms with Crippen molar-refractivity contribution in [3.63, 3.8) is 0 Å². The molecule has 46 heavy (non-hydrogen) atoms. The molecule has 2 fully saturated rings. The largest absolute Gasteiger partial charge is 0.455 e. The Morgan fingerprint density at radius 3 is 2.57 bits per heavy atom. The molecule has 4 atom stereocenters. The first-order valence-corrected chi connectivity index (χ1v) is 19.5. The summed E-state index contributed by atoms with van der Waals surface area (Å²) >= 11 is 1.59. The van der Waals surface area contributed by atoms with Crippen LogP contribution in [0.25, 0.3) is 0 Å². The highest BCUT2D eigenvalue weighted by atomic mass is 32.2. The van der Waals surface area contributed by atoms with Gasteiger partial charge in [0.15, 0.2) is 0 Å². The van der Waals surface area contributed by atoms with Gasteiger partial charge in [-0.2, -0.15) is 0 Å². The zero-order valence-electron chi connectivity index (χ0n) is 27.1. The van der Waals surface area contributed by atoms with Crippen molar-refractivity contribution in [2.45, 2.75) is 89.4 Å². The molecule has 1 aliphatic carbocycles. The molecule has 252 valence electrons. The second kappa shape index (κ2) is 16.2. The molecule has 2 N–H and O–H groups in total. The lowest BCUT2D eigenvalue weighted by atomic mass is 9.80. The van der Waals surface area contributed by atoms with Crippen molar-refractivity contribution in [1.82, 2.24) is 19.8 Å². The first-order chi connectivity index (χ1) is 22.2. The number of thiophene rings is 1. The molecule has 2 aromatic rings. The van der Waals surface area contributed by atoms with E-state index in [-0.39, 0.29) is 29.9 Å². The van der Waals surface area contributed by atoms with Crippen molar-refractivity contribution in [2.24, 2.45) is 16.8 Å². The predicted octanol–water partition coefficient (Wildman–Crippen LogP) is 4.70. The summed E-state index contributed by atoms with van der Waals surface area (Å²) in [5.41, 5.74) is 1.06. The Balaban J connectivity index is 1.30. The van der Waals surface area contributed by atoms with Gasteiger partial charge in [-0.15, -0.1) is 11.3 Å². The summed E-state index contributed by atoms with van der Waals surface area (Å²) in [5.74, 6) is 0.152. The number of unbranched alkanes of at least 4 members (excludes halogenated alkanes) is 1. The van der Waals surface area contributed by atoms with Gasteiger partial charge in [0.1, 0.15) is 12.1 Å². The van der Waals surface area contributed by atoms with Gasteiger partial charge in [0, 0.05) is 30.4 Å². The molecule has 1 aromatic heterocycles. The Kier molecular flexibility index (Phi) is 12.1. The maximum Gasteiger partial charge on any atom is 0.288 e. The number of carbonyl (C=O) groups excluding carboxylic acids is 2. The molecule has 5 rings (SSSR count). The summed E-state index contributed by atoms with van der Waals surface area (Å²) in [7, 11) is -3.25. The summed E-state index contributed by atoms with van der Waals surface area (Å²) in [4.78, 5) is 38.0. The molecule has 0 spiro atoms. The molecule has 10 nitrogen and oxygen atoms in total. The van der Waals surface area contributed by atoms with Gasteiger partial charge in [-0.25, -0.2) is 18.1 Å². The molecule has 2 aliphatic heterocycles. The molecule has 0 bridgehead atoms. The maximum absolute atomic E-state index is 14.4. The van der Waals surface area contributed by atoms with Gasteiger partial charge in [-0.05, 0) is 49.1 Å². The number of ether oxygens (including phenoxy) is 1. The predicted molar refractivity (Wildman–Crippen MR) is 182 cm³/mol. The van der Waals surface area contributed by atoms with E-state index in [2.05, 4.69) is 10.0 Å². The molecular weight excluding hydrogens is 623 g/mol. The lowest BCUT2D eigenvalue weighted by Gasteiger charge is -2.42. The van der Waals surface area contributed by atoms with E-state index in [4.69, 9.17) is 9.73 Å². The fourth-order valence-electron chi connectivity index (χ4n) is 6.96. The van der Waals surface area contributed by atoms with Crippen LogP contribution < -0.4 is 10.0 Å². The van der Waals surface area contributed by atoms with Crippen molar-refractivity contribution in [1.29, 1.82) is 0 Å². The van der Waals surface area contributed by atoms with Gasteiger partial charge in [-0.1, -0.05) is 74.9 Å². The van der Waals surface area contributed by atoms with Crippen molar-refractivity contribution in [2.75, 3.05) is 32.4 Å². The second-order valence-corrected chi connectivity index (χ2v) is 15.9. The zero-order chi connectivity index (χ0) is 32.5. The van der Waals surface area contributed by atoms with Crippen LogP contribution in [-0.2, 0) is 30.9 Å². The quantitative estimate of drug-likeness (QED) is 0.298. The monoisotopic (exact) mass is 671 g/mol. The Labute approximate surface area is 278 Å². The fraction of sp³-hybridized carbons (Fsp3) is 0.618. The van der Waals surface area contributed by atoms with Crippen LogP contribution in [0.3, 0.4) is 0 Å². The minimum Gasteiger partial charge on any atom is -0.455 e. The molecular formula is C34H49N5O5S2. The van der Waals surface area contributed by atoms with E-state index in [0.717, 1.165) is 42.4 Å². The highest BCUT2D eigenvalue weighted by molar-refractivity contribution is 7.88. The third-order valence-electron chi connectivity index (χ3n) is 9.40. The van der Waals surface area contributed by atoms with E-state index in [1.54, 1.807) is 16.2 Å². The lowest BCUT2D eigenvalue weighted by Crippen LogP contribution is -2.62. The van der Waals surface area contributed by atoms with Gasteiger partial charge >= 0.3 is 0 Å². The number of hydrogen-bond acceptors (Lipinski definition) is 8. The zero-order valence-corrected chi connectivity index (χ0v) is 28.7. The number of hydrogen-bond donors (Lipinski definition) is 2. The standard InChI is InChI=1S/C34H49N5O5S2/c1-25-31(27-14-7-4-8-15-27)44-34(37-25)38-19-20-39(30(24-38)32(40)35-23-29-17-11-21-45-29)33(41)28(22-26-12-5-3-6-13-26)16-9-10-18-36-46(2,42)43/h4,7-8,11,14-15,17,21,25-26,28,30-31,36H,3,5-6,9-10,12-13,16,18-20,22-24H2,1-2H3,(H,35,40)/t25-,28-,30-,31-/m0/s1. The van der Waals surface area contributed by atoms with Crippen LogP contribution in [0.2, 0.25) is 0 Å². The fourth-order valence-corrected chi connectivity index (χ4v) is 8.11. The molecule has 0 unspecified atom stereocenters. The summed E-state index contributed by atoms with van der Waals surface area (Å²) in [6.45, 7) is 4.06. The highest BCUT2D eigenvalue weighted by Crippen LogP contribution is 2.34. The van der Waals surface area contributed by atoms with E-state index < -0.39 is 16.1 Å². The van der Waals surface area contributed by atoms with Crippen molar-refractivity contribution in [3.8, 4) is 0 Å². The Morgan fingerprint density at radius 1 is 1.07 bits per heavy atom. The summed E-state index contributed by atoms with van der Waals surface area (Å²) < 4.78 is 32.0. The average Bonchev–Trinajstić information content (AvgIpc) is 3.72. The number of carbonyl (C=O) groups is 2. The van der Waals surface area contributed by atoms with Crippen LogP contribution in [0.15, 0.2) is 52.8 Å². The molecule has 1 aromatic carbocycles. The number of aliphatic imine (C=N–C) groups is 1. The molecule has 12 heteroatoms. The van der Waals surface area contributed by atoms with Crippen LogP contribution in [0.5, 0.6) is 0 Å². The number of nitrogens with zero attached hydrogens (tertiary/aromatic N) is 3. The number of rotatable bonds is 13. The van der Waals surface area contributed by atoms with Gasteiger partial charge in [-0.3, -0.25) is 9.59 Å². The summed E-state index contributed by atoms with van der Waals surface area (Å²) in [6.07, 6.45) is 9.77. The van der Waals surface area contributed by atoms with Crippen LogP contribution in [-0.4, -0.2) is 80.6 Å². The van der Waals surface area contributed by atoms with Crippen molar-refractivity contribution in [3.05, 3.63) is 58.3 Å². The summed E-state index contributed by atoms with van der Waals surface area (Å²) in [6, 6.07) is 13.8. The van der Waals surface area contributed by atoms with Gasteiger partial charge in [0.25, 0.3) is 6.02 Å². The third-order valence-corrected chi connectivity index (χ3v) is 11.0. The number of piperazine rings is 1. The topological polar surface area (TPSA) is 120 Å². The van der Waals surface area contributed by atoms with E-state index in [1.807, 2.05) is 59.7 Å². The minimum absolute atomic E-state index is 0.0300. The number of sulfonamides is 1. The molecule has 0 radical (unpaired) electrons. The van der Waals surface area contributed by atoms with Crippen LogP contribution in [0.1, 0.15) is 81.3 Å². The van der Waals surface area contributed by atoms with Crippen LogP contribution in [0.4, 0.5) is 0 Å². The maximum atomic E-state index is 14.4. The van der Waals surface area contributed by atoms with E-state index in [9.17, 15) is 18.0 Å². The molecule has 1 saturated carbocycles. The molecule has 3 aliphatic rings. The Morgan fingerprint density at radius 2 is 1.85 bits per heavy atom. The number of nitrogens with one attached hydrogen (secondary N) is 2.